The average Bonchev–Trinajstić information content (AvgIpc) is 2.49. The molecule has 0 bridgehead atoms. The van der Waals surface area contributed by atoms with Crippen LogP contribution in [0.3, 0.4) is 0 Å². The lowest BCUT2D eigenvalue weighted by Crippen LogP contribution is -2.62. The maximum atomic E-state index is 12.1. The van der Waals surface area contributed by atoms with E-state index in [9.17, 15) is 14.7 Å². The van der Waals surface area contributed by atoms with Crippen LogP contribution in [-0.4, -0.2) is 52.9 Å². The van der Waals surface area contributed by atoms with Crippen molar-refractivity contribution in [3.63, 3.8) is 0 Å². The van der Waals surface area contributed by atoms with Crippen molar-refractivity contribution in [2.24, 2.45) is 0 Å². The molecule has 1 fully saturated rings. The molecule has 0 spiro atoms. The molecule has 1 saturated heterocycles. The first-order valence-electron chi connectivity index (χ1n) is 6.97. The first-order valence-corrected chi connectivity index (χ1v) is 6.97. The molecule has 1 aliphatic rings. The number of hydrogen-bond donors (Lipinski definition) is 1. The number of aliphatic hydroxyl groups is 1. The lowest BCUT2D eigenvalue weighted by atomic mass is 9.86. The van der Waals surface area contributed by atoms with E-state index < -0.39 is 5.60 Å². The average molecular weight is 288 g/mol. The number of benzene rings is 1. The standard InChI is InChI=1S/C16H20N2O3/c1-3-14(19)17(4-2)10-15(20)18-11-16(21,12-18)13-8-6-5-7-9-13/h3,5-9,21H,1,4,10-12H2,2H3. The van der Waals surface area contributed by atoms with Gasteiger partial charge in [0.1, 0.15) is 5.60 Å². The molecule has 1 heterocycles. The second-order valence-electron chi connectivity index (χ2n) is 5.20. The highest BCUT2D eigenvalue weighted by atomic mass is 16.3. The topological polar surface area (TPSA) is 60.9 Å². The minimum absolute atomic E-state index is 0.0201. The number of amides is 2. The van der Waals surface area contributed by atoms with Crippen LogP contribution in [0.15, 0.2) is 43.0 Å². The number of β-amino-alcohol motifs (C(OH)–C–C–N with tert-alkyl or cyclic N) is 1. The smallest absolute Gasteiger partial charge is 0.246 e. The molecule has 0 saturated carbocycles. The van der Waals surface area contributed by atoms with E-state index in [1.54, 1.807) is 4.90 Å². The number of likely N-dealkylation sites (tertiary alicyclic amines) is 1. The number of hydrogen-bond acceptors (Lipinski definition) is 3. The monoisotopic (exact) mass is 288 g/mol. The molecular formula is C16H20N2O3. The zero-order valence-corrected chi connectivity index (χ0v) is 12.2. The maximum absolute atomic E-state index is 12.1. The van der Waals surface area contributed by atoms with E-state index in [1.165, 1.54) is 11.0 Å². The fourth-order valence-electron chi connectivity index (χ4n) is 2.43. The van der Waals surface area contributed by atoms with E-state index in [-0.39, 0.29) is 31.4 Å². The van der Waals surface area contributed by atoms with Crippen molar-refractivity contribution < 1.29 is 14.7 Å². The van der Waals surface area contributed by atoms with Gasteiger partial charge in [-0.05, 0) is 18.6 Å². The van der Waals surface area contributed by atoms with E-state index in [0.29, 0.717) is 6.54 Å². The quantitative estimate of drug-likeness (QED) is 0.813. The van der Waals surface area contributed by atoms with Crippen molar-refractivity contribution in [1.29, 1.82) is 0 Å². The highest BCUT2D eigenvalue weighted by Gasteiger charge is 2.44. The van der Waals surface area contributed by atoms with Gasteiger partial charge in [0.2, 0.25) is 11.8 Å². The van der Waals surface area contributed by atoms with Gasteiger partial charge in [0.25, 0.3) is 0 Å². The Labute approximate surface area is 124 Å². The van der Waals surface area contributed by atoms with Gasteiger partial charge in [0.15, 0.2) is 0 Å². The highest BCUT2D eigenvalue weighted by molar-refractivity contribution is 5.91. The number of nitrogens with zero attached hydrogens (tertiary/aromatic N) is 2. The van der Waals surface area contributed by atoms with Gasteiger partial charge in [0.05, 0.1) is 19.6 Å². The summed E-state index contributed by atoms with van der Waals surface area (Å²) in [7, 11) is 0. The van der Waals surface area contributed by atoms with Crippen LogP contribution in [0.1, 0.15) is 12.5 Å². The van der Waals surface area contributed by atoms with Gasteiger partial charge in [-0.3, -0.25) is 9.59 Å². The van der Waals surface area contributed by atoms with Crippen LogP contribution in [0.4, 0.5) is 0 Å². The molecule has 0 radical (unpaired) electrons. The summed E-state index contributed by atoms with van der Waals surface area (Å²) in [6.45, 7) is 6.22. The summed E-state index contributed by atoms with van der Waals surface area (Å²) in [4.78, 5) is 26.7. The molecule has 0 atom stereocenters. The molecule has 112 valence electrons. The summed E-state index contributed by atoms with van der Waals surface area (Å²) in [5.41, 5.74) is -0.167. The summed E-state index contributed by atoms with van der Waals surface area (Å²) in [5.74, 6) is -0.419. The van der Waals surface area contributed by atoms with Crippen molar-refractivity contribution >= 4 is 11.8 Å². The molecule has 0 aliphatic carbocycles. The largest absolute Gasteiger partial charge is 0.381 e. The maximum Gasteiger partial charge on any atom is 0.246 e. The number of rotatable bonds is 5. The van der Waals surface area contributed by atoms with Crippen molar-refractivity contribution in [3.05, 3.63) is 48.6 Å². The molecule has 5 heteroatoms. The van der Waals surface area contributed by atoms with Crippen molar-refractivity contribution in [3.8, 4) is 0 Å². The zero-order chi connectivity index (χ0) is 15.5. The number of carbonyl (C=O) groups is 2. The van der Waals surface area contributed by atoms with E-state index >= 15 is 0 Å². The molecule has 2 rings (SSSR count). The number of likely N-dealkylation sites (N-methyl/N-ethyl adjacent to an activating group) is 1. The van der Waals surface area contributed by atoms with Gasteiger partial charge in [-0.2, -0.15) is 0 Å². The van der Waals surface area contributed by atoms with Crippen LogP contribution in [0.2, 0.25) is 0 Å². The third kappa shape index (κ3) is 3.13. The highest BCUT2D eigenvalue weighted by Crippen LogP contribution is 2.31. The van der Waals surface area contributed by atoms with Crippen LogP contribution in [0.5, 0.6) is 0 Å². The Kier molecular flexibility index (Phi) is 4.43. The Morgan fingerprint density at radius 3 is 2.52 bits per heavy atom. The van der Waals surface area contributed by atoms with Crippen LogP contribution in [-0.2, 0) is 15.2 Å². The van der Waals surface area contributed by atoms with E-state index in [2.05, 4.69) is 6.58 Å². The van der Waals surface area contributed by atoms with Crippen molar-refractivity contribution in [1.82, 2.24) is 9.80 Å². The third-order valence-corrected chi connectivity index (χ3v) is 3.76. The Balaban J connectivity index is 1.93. The van der Waals surface area contributed by atoms with E-state index in [0.717, 1.165) is 5.56 Å². The normalized spacial score (nSPS) is 16.0. The van der Waals surface area contributed by atoms with Gasteiger partial charge in [-0.1, -0.05) is 36.9 Å². The molecular weight excluding hydrogens is 268 g/mol. The predicted octanol–water partition coefficient (Wildman–Crippen LogP) is 0.751. The Bertz CT molecular complexity index is 536. The predicted molar refractivity (Wildman–Crippen MR) is 79.4 cm³/mol. The molecule has 1 aliphatic heterocycles. The first kappa shape index (κ1) is 15.3. The van der Waals surface area contributed by atoms with E-state index in [4.69, 9.17) is 0 Å². The summed E-state index contributed by atoms with van der Waals surface area (Å²) >= 11 is 0. The summed E-state index contributed by atoms with van der Waals surface area (Å²) in [6, 6.07) is 9.30. The first-order chi connectivity index (χ1) is 10.00. The summed E-state index contributed by atoms with van der Waals surface area (Å²) < 4.78 is 0. The SMILES string of the molecule is C=CC(=O)N(CC)CC(=O)N1CC(O)(c2ccccc2)C1. The second-order valence-corrected chi connectivity index (χ2v) is 5.20. The third-order valence-electron chi connectivity index (χ3n) is 3.76. The van der Waals surface area contributed by atoms with Crippen LogP contribution >= 0.6 is 0 Å². The van der Waals surface area contributed by atoms with Crippen LogP contribution in [0.25, 0.3) is 0 Å². The fraction of sp³-hybridized carbons (Fsp3) is 0.375. The van der Waals surface area contributed by atoms with Gasteiger partial charge < -0.3 is 14.9 Å². The number of carbonyl (C=O) groups excluding carboxylic acids is 2. The fourth-order valence-corrected chi connectivity index (χ4v) is 2.43. The van der Waals surface area contributed by atoms with Gasteiger partial charge in [0, 0.05) is 6.54 Å². The Morgan fingerprint density at radius 2 is 2.00 bits per heavy atom. The molecule has 2 amide bonds. The molecule has 1 aromatic rings. The van der Waals surface area contributed by atoms with Crippen molar-refractivity contribution in [2.45, 2.75) is 12.5 Å². The van der Waals surface area contributed by atoms with Crippen LogP contribution in [0, 0.1) is 0 Å². The lowest BCUT2D eigenvalue weighted by molar-refractivity contribution is -0.159. The molecule has 0 aromatic heterocycles. The Hall–Kier alpha value is -2.14. The van der Waals surface area contributed by atoms with Crippen molar-refractivity contribution in [2.75, 3.05) is 26.2 Å². The zero-order valence-electron chi connectivity index (χ0n) is 12.2. The summed E-state index contributed by atoms with van der Waals surface area (Å²) in [6.07, 6.45) is 1.20. The minimum Gasteiger partial charge on any atom is -0.381 e. The Morgan fingerprint density at radius 1 is 1.38 bits per heavy atom. The summed E-state index contributed by atoms with van der Waals surface area (Å²) in [5, 5.41) is 10.5. The minimum atomic E-state index is -0.976. The second kappa shape index (κ2) is 6.10. The molecule has 1 aromatic carbocycles. The van der Waals surface area contributed by atoms with E-state index in [1.807, 2.05) is 37.3 Å². The molecule has 21 heavy (non-hydrogen) atoms. The van der Waals surface area contributed by atoms with Crippen LogP contribution < -0.4 is 0 Å². The lowest BCUT2D eigenvalue weighted by Gasteiger charge is -2.47. The van der Waals surface area contributed by atoms with Gasteiger partial charge >= 0.3 is 0 Å². The molecule has 5 nitrogen and oxygen atoms in total. The van der Waals surface area contributed by atoms with Gasteiger partial charge in [-0.15, -0.1) is 0 Å². The van der Waals surface area contributed by atoms with Gasteiger partial charge in [-0.25, -0.2) is 0 Å². The molecule has 1 N–H and O–H groups in total. The molecule has 0 unspecified atom stereocenters.